The van der Waals surface area contributed by atoms with E-state index in [-0.39, 0.29) is 0 Å². The van der Waals surface area contributed by atoms with Crippen molar-refractivity contribution in [3.8, 4) is 11.3 Å². The molecule has 0 amide bonds. The summed E-state index contributed by atoms with van der Waals surface area (Å²) in [4.78, 5) is 14.6. The Morgan fingerprint density at radius 1 is 1.43 bits per heavy atom. The lowest BCUT2D eigenvalue weighted by atomic mass is 10.2. The third kappa shape index (κ3) is 2.71. The molecule has 1 aliphatic rings. The van der Waals surface area contributed by atoms with Crippen LogP contribution in [0.5, 0.6) is 0 Å². The van der Waals surface area contributed by atoms with Gasteiger partial charge in [-0.25, -0.2) is 4.98 Å². The van der Waals surface area contributed by atoms with E-state index in [1.165, 1.54) is 0 Å². The van der Waals surface area contributed by atoms with Crippen molar-refractivity contribution in [2.24, 2.45) is 7.05 Å². The first-order valence-electron chi connectivity index (χ1n) is 6.89. The summed E-state index contributed by atoms with van der Waals surface area (Å²) in [7, 11) is 1.84. The van der Waals surface area contributed by atoms with Gasteiger partial charge in [0.1, 0.15) is 5.69 Å². The first-order chi connectivity index (χ1) is 10.2. The molecule has 3 rings (SSSR count). The number of hydrogen-bond donors (Lipinski definition) is 1. The van der Waals surface area contributed by atoms with E-state index in [4.69, 9.17) is 6.57 Å². The highest BCUT2D eigenvalue weighted by Gasteiger charge is 2.20. The molecule has 2 aromatic heterocycles. The second-order valence-corrected chi connectivity index (χ2v) is 5.22. The molecule has 1 saturated heterocycles. The van der Waals surface area contributed by atoms with Crippen molar-refractivity contribution in [1.82, 2.24) is 25.1 Å². The van der Waals surface area contributed by atoms with Crippen LogP contribution in [0.2, 0.25) is 0 Å². The van der Waals surface area contributed by atoms with Crippen molar-refractivity contribution < 1.29 is 0 Å². The smallest absolute Gasteiger partial charge is 0.296 e. The molecule has 21 heavy (non-hydrogen) atoms. The van der Waals surface area contributed by atoms with E-state index in [0.717, 1.165) is 31.0 Å². The molecule has 1 atom stereocenters. The van der Waals surface area contributed by atoms with Gasteiger partial charge < -0.3 is 15.1 Å². The van der Waals surface area contributed by atoms with Crippen LogP contribution in [0.15, 0.2) is 18.6 Å². The number of rotatable bonds is 2. The highest BCUT2D eigenvalue weighted by atomic mass is 15.3. The molecule has 3 heterocycles. The molecule has 0 unspecified atom stereocenters. The summed E-state index contributed by atoms with van der Waals surface area (Å²) in [6, 6.07) is 0.419. The zero-order valence-corrected chi connectivity index (χ0v) is 12.1. The van der Waals surface area contributed by atoms with Gasteiger partial charge in [0.05, 0.1) is 6.20 Å². The van der Waals surface area contributed by atoms with Gasteiger partial charge in [0.25, 0.3) is 5.82 Å². The normalized spacial score (nSPS) is 18.5. The zero-order chi connectivity index (χ0) is 14.8. The average molecular weight is 283 g/mol. The van der Waals surface area contributed by atoms with Crippen molar-refractivity contribution in [2.75, 3.05) is 24.5 Å². The van der Waals surface area contributed by atoms with Crippen LogP contribution in [0, 0.1) is 6.57 Å². The summed E-state index contributed by atoms with van der Waals surface area (Å²) in [6.07, 6.45) is 5.25. The number of nitrogens with one attached hydrogen (secondary N) is 1. The van der Waals surface area contributed by atoms with Gasteiger partial charge in [0.15, 0.2) is 12.0 Å². The van der Waals surface area contributed by atoms with Gasteiger partial charge in [-0.3, -0.25) is 4.68 Å². The molecule has 108 valence electrons. The summed E-state index contributed by atoms with van der Waals surface area (Å²) in [5.41, 5.74) is 1.42. The maximum absolute atomic E-state index is 7.26. The Morgan fingerprint density at radius 2 is 2.29 bits per heavy atom. The highest BCUT2D eigenvalue weighted by Crippen LogP contribution is 2.28. The molecule has 1 N–H and O–H groups in total. The van der Waals surface area contributed by atoms with Crippen LogP contribution < -0.4 is 10.2 Å². The molecule has 0 spiro atoms. The first kappa shape index (κ1) is 13.5. The van der Waals surface area contributed by atoms with Crippen LogP contribution >= 0.6 is 0 Å². The van der Waals surface area contributed by atoms with E-state index >= 15 is 0 Å². The fraction of sp³-hybridized carbons (Fsp3) is 0.429. The molecule has 7 heteroatoms. The van der Waals surface area contributed by atoms with Crippen LogP contribution in [-0.4, -0.2) is 45.4 Å². The maximum atomic E-state index is 7.26. The van der Waals surface area contributed by atoms with Gasteiger partial charge in [0.2, 0.25) is 0 Å². The lowest BCUT2D eigenvalue weighted by molar-refractivity contribution is 0.482. The van der Waals surface area contributed by atoms with Crippen molar-refractivity contribution in [1.29, 1.82) is 0 Å². The average Bonchev–Trinajstić information content (AvgIpc) is 2.93. The highest BCUT2D eigenvalue weighted by molar-refractivity contribution is 5.72. The van der Waals surface area contributed by atoms with E-state index in [9.17, 15) is 0 Å². The molecule has 0 bridgehead atoms. The van der Waals surface area contributed by atoms with Crippen molar-refractivity contribution in [3.05, 3.63) is 30.0 Å². The number of aryl methyl sites for hydroxylation is 1. The Morgan fingerprint density at radius 3 is 2.95 bits per heavy atom. The second kappa shape index (κ2) is 5.50. The zero-order valence-electron chi connectivity index (χ0n) is 12.1. The van der Waals surface area contributed by atoms with E-state index in [2.05, 4.69) is 37.1 Å². The molecule has 0 saturated carbocycles. The van der Waals surface area contributed by atoms with E-state index in [1.807, 2.05) is 13.2 Å². The minimum atomic E-state index is 0.315. The van der Waals surface area contributed by atoms with E-state index < -0.39 is 0 Å². The Balaban J connectivity index is 1.99. The summed E-state index contributed by atoms with van der Waals surface area (Å²) in [5, 5.41) is 7.55. The van der Waals surface area contributed by atoms with Crippen molar-refractivity contribution in [2.45, 2.75) is 13.0 Å². The molecule has 1 fully saturated rings. The minimum absolute atomic E-state index is 0.315. The van der Waals surface area contributed by atoms with Crippen LogP contribution in [0.25, 0.3) is 16.1 Å². The quantitative estimate of drug-likeness (QED) is 0.840. The summed E-state index contributed by atoms with van der Waals surface area (Å²) in [5.74, 6) is 1.13. The fourth-order valence-electron chi connectivity index (χ4n) is 2.49. The topological polar surface area (TPSA) is 63.2 Å². The van der Waals surface area contributed by atoms with Crippen LogP contribution in [0.1, 0.15) is 6.92 Å². The first-order valence-corrected chi connectivity index (χ1v) is 6.89. The van der Waals surface area contributed by atoms with Gasteiger partial charge in [-0.15, -0.1) is 4.98 Å². The summed E-state index contributed by atoms with van der Waals surface area (Å²) in [6.45, 7) is 12.1. The Bertz CT molecular complexity index is 685. The van der Waals surface area contributed by atoms with Crippen molar-refractivity contribution in [3.63, 3.8) is 0 Å². The number of aromatic nitrogens is 4. The van der Waals surface area contributed by atoms with E-state index in [1.54, 1.807) is 17.1 Å². The van der Waals surface area contributed by atoms with Gasteiger partial charge in [-0.05, 0) is 6.92 Å². The molecule has 2 aromatic rings. The third-order valence-electron chi connectivity index (χ3n) is 3.52. The molecule has 0 radical (unpaired) electrons. The van der Waals surface area contributed by atoms with Crippen LogP contribution in [0.3, 0.4) is 0 Å². The molecule has 0 aliphatic carbocycles. The molecule has 0 aromatic carbocycles. The standard InChI is InChI=1S/C14H17N7/c1-10-8-21(5-4-16-10)12-7-17-14(15-2)13(19-12)11-6-18-20(3)9-11/h6-7,9-10,16H,4-5,8H2,1,3H3/t10-/m1/s1. The Labute approximate surface area is 123 Å². The molecule has 1 aliphatic heterocycles. The SMILES string of the molecule is [C-]#[N+]c1ncc(N2CCN[C@H](C)C2)nc1-c1cnn(C)c1. The summed E-state index contributed by atoms with van der Waals surface area (Å²) < 4.78 is 1.70. The van der Waals surface area contributed by atoms with Gasteiger partial charge in [0, 0.05) is 44.5 Å². The molecular formula is C14H17N7. The molecular weight excluding hydrogens is 266 g/mol. The predicted molar refractivity (Wildman–Crippen MR) is 80.2 cm³/mol. The summed E-state index contributed by atoms with van der Waals surface area (Å²) >= 11 is 0. The maximum Gasteiger partial charge on any atom is 0.296 e. The Hall–Kier alpha value is -2.46. The number of nitrogens with zero attached hydrogens (tertiary/aromatic N) is 6. The number of hydrogen-bond acceptors (Lipinski definition) is 5. The number of piperazine rings is 1. The minimum Gasteiger partial charge on any atom is -0.359 e. The van der Waals surface area contributed by atoms with E-state index in [0.29, 0.717) is 17.6 Å². The number of anilines is 1. The Kier molecular flexibility index (Phi) is 3.54. The predicted octanol–water partition coefficient (Wildman–Crippen LogP) is 1.23. The van der Waals surface area contributed by atoms with Crippen molar-refractivity contribution >= 4 is 11.6 Å². The lowest BCUT2D eigenvalue weighted by Gasteiger charge is -2.32. The second-order valence-electron chi connectivity index (χ2n) is 5.22. The monoisotopic (exact) mass is 283 g/mol. The lowest BCUT2D eigenvalue weighted by Crippen LogP contribution is -2.49. The molecule has 7 nitrogen and oxygen atoms in total. The van der Waals surface area contributed by atoms with Crippen LogP contribution in [-0.2, 0) is 7.05 Å². The van der Waals surface area contributed by atoms with Gasteiger partial charge in [-0.1, -0.05) is 6.57 Å². The fourth-order valence-corrected chi connectivity index (χ4v) is 2.49. The third-order valence-corrected chi connectivity index (χ3v) is 3.52. The van der Waals surface area contributed by atoms with Gasteiger partial charge >= 0.3 is 0 Å². The van der Waals surface area contributed by atoms with Gasteiger partial charge in [-0.2, -0.15) is 5.10 Å². The largest absolute Gasteiger partial charge is 0.359 e. The van der Waals surface area contributed by atoms with Crippen LogP contribution in [0.4, 0.5) is 11.6 Å².